The molecular weight excluding hydrogens is 420 g/mol. The highest BCUT2D eigenvalue weighted by Gasteiger charge is 2.35. The van der Waals surface area contributed by atoms with Gasteiger partial charge in [-0.15, -0.1) is 0 Å². The van der Waals surface area contributed by atoms with Gasteiger partial charge in [-0.05, 0) is 60.8 Å². The van der Waals surface area contributed by atoms with Crippen molar-refractivity contribution in [2.45, 2.75) is 69.9 Å². The summed E-state index contributed by atoms with van der Waals surface area (Å²) in [6.45, 7) is 0.702. The van der Waals surface area contributed by atoms with E-state index in [2.05, 4.69) is 53.3 Å². The quantitative estimate of drug-likeness (QED) is 0.735. The number of carbonyl (C=O) groups excluding carboxylic acids is 1. The minimum Gasteiger partial charge on any atom is -0.338 e. The molecular formula is C26H34N2O3S. The van der Waals surface area contributed by atoms with Crippen LogP contribution in [0.2, 0.25) is 0 Å². The Hall–Kier alpha value is -2.18. The van der Waals surface area contributed by atoms with Crippen LogP contribution in [-0.4, -0.2) is 44.1 Å². The lowest BCUT2D eigenvalue weighted by Crippen LogP contribution is -2.57. The Balaban J connectivity index is 1.71. The summed E-state index contributed by atoms with van der Waals surface area (Å²) in [5, 5.41) is 0. The standard InChI is InChI=1S/C26H34N2O3S/c1-32(30,31)27-24-15-9-17-28-25(24)19-20-10-8-13-22(18-20)23-14-7-6-12-21(23)11-4-2-3-5-16-26(28)29/h6-8,10,12-14,18,24-25,27H,2-5,9,11,15-17,19H2,1H3. The fraction of sp³-hybridized carbons (Fsp3) is 0.500. The van der Waals surface area contributed by atoms with E-state index in [1.807, 2.05) is 4.90 Å². The number of sulfonamides is 1. The van der Waals surface area contributed by atoms with E-state index in [9.17, 15) is 13.2 Å². The van der Waals surface area contributed by atoms with Gasteiger partial charge in [0.1, 0.15) is 0 Å². The van der Waals surface area contributed by atoms with Crippen LogP contribution < -0.4 is 4.72 Å². The molecule has 0 aromatic heterocycles. The summed E-state index contributed by atoms with van der Waals surface area (Å²) in [6, 6.07) is 16.7. The molecule has 1 saturated heterocycles. The fourth-order valence-electron chi connectivity index (χ4n) is 5.25. The maximum Gasteiger partial charge on any atom is 0.222 e. The van der Waals surface area contributed by atoms with Gasteiger partial charge in [0, 0.05) is 19.0 Å². The van der Waals surface area contributed by atoms with Crippen LogP contribution in [0.25, 0.3) is 11.1 Å². The highest BCUT2D eigenvalue weighted by Crippen LogP contribution is 2.29. The number of rotatable bonds is 2. The van der Waals surface area contributed by atoms with Crippen molar-refractivity contribution in [1.82, 2.24) is 9.62 Å². The molecule has 2 heterocycles. The van der Waals surface area contributed by atoms with Crippen LogP contribution in [0.5, 0.6) is 0 Å². The maximum absolute atomic E-state index is 13.1. The van der Waals surface area contributed by atoms with E-state index < -0.39 is 10.0 Å². The molecule has 0 aliphatic carbocycles. The van der Waals surface area contributed by atoms with E-state index in [1.165, 1.54) is 22.9 Å². The summed E-state index contributed by atoms with van der Waals surface area (Å²) in [5.74, 6) is 0.157. The first-order valence-corrected chi connectivity index (χ1v) is 13.7. The molecule has 1 amide bonds. The monoisotopic (exact) mass is 454 g/mol. The Bertz CT molecular complexity index is 1050. The smallest absolute Gasteiger partial charge is 0.222 e. The van der Waals surface area contributed by atoms with Gasteiger partial charge in [0.25, 0.3) is 0 Å². The number of carbonyl (C=O) groups is 1. The van der Waals surface area contributed by atoms with Gasteiger partial charge in [-0.2, -0.15) is 0 Å². The molecule has 0 saturated carbocycles. The number of hydrogen-bond acceptors (Lipinski definition) is 3. The largest absolute Gasteiger partial charge is 0.338 e. The molecule has 1 fully saturated rings. The maximum atomic E-state index is 13.1. The minimum atomic E-state index is -3.36. The molecule has 5 nitrogen and oxygen atoms in total. The van der Waals surface area contributed by atoms with Crippen molar-refractivity contribution in [2.75, 3.05) is 12.8 Å². The Morgan fingerprint density at radius 1 is 0.938 bits per heavy atom. The second kappa shape index (κ2) is 10.2. The van der Waals surface area contributed by atoms with Crippen molar-refractivity contribution in [3.8, 4) is 11.1 Å². The van der Waals surface area contributed by atoms with Gasteiger partial charge in [0.05, 0.1) is 12.3 Å². The van der Waals surface area contributed by atoms with E-state index in [0.717, 1.165) is 50.5 Å². The Morgan fingerprint density at radius 3 is 2.53 bits per heavy atom. The SMILES string of the molecule is CS(=O)(=O)NC1CCCN2C(=O)CCCCCCc3ccccc3-c3cccc(c3)CC12. The van der Waals surface area contributed by atoms with Gasteiger partial charge in [0.2, 0.25) is 15.9 Å². The van der Waals surface area contributed by atoms with Crippen LogP contribution in [0.15, 0.2) is 48.5 Å². The molecule has 32 heavy (non-hydrogen) atoms. The number of piperidine rings is 1. The first-order chi connectivity index (χ1) is 15.4. The van der Waals surface area contributed by atoms with E-state index in [4.69, 9.17) is 0 Å². The van der Waals surface area contributed by atoms with Gasteiger partial charge >= 0.3 is 0 Å². The zero-order valence-electron chi connectivity index (χ0n) is 18.9. The summed E-state index contributed by atoms with van der Waals surface area (Å²) >= 11 is 0. The normalized spacial score (nSPS) is 22.9. The predicted molar refractivity (Wildman–Crippen MR) is 129 cm³/mol. The van der Waals surface area contributed by atoms with Crippen molar-refractivity contribution < 1.29 is 13.2 Å². The molecule has 172 valence electrons. The van der Waals surface area contributed by atoms with Crippen LogP contribution >= 0.6 is 0 Å². The lowest BCUT2D eigenvalue weighted by molar-refractivity contribution is -0.135. The third-order valence-electron chi connectivity index (χ3n) is 6.75. The second-order valence-electron chi connectivity index (χ2n) is 9.27. The number of fused-ring (bicyclic) bond motifs is 5. The number of hydrogen-bond donors (Lipinski definition) is 1. The third-order valence-corrected chi connectivity index (χ3v) is 7.48. The number of nitrogens with one attached hydrogen (secondary N) is 1. The Kier molecular flexibility index (Phi) is 7.31. The van der Waals surface area contributed by atoms with Crippen LogP contribution in [0, 0.1) is 0 Å². The fourth-order valence-corrected chi connectivity index (χ4v) is 6.07. The molecule has 2 aliphatic heterocycles. The first kappa shape index (κ1) is 23.0. The van der Waals surface area contributed by atoms with E-state index in [0.29, 0.717) is 19.4 Å². The summed E-state index contributed by atoms with van der Waals surface area (Å²) in [7, 11) is -3.36. The molecule has 2 aromatic rings. The van der Waals surface area contributed by atoms with Crippen molar-refractivity contribution >= 4 is 15.9 Å². The number of aryl methyl sites for hydroxylation is 1. The molecule has 2 unspecified atom stereocenters. The highest BCUT2D eigenvalue weighted by molar-refractivity contribution is 7.88. The topological polar surface area (TPSA) is 66.5 Å². The predicted octanol–water partition coefficient (Wildman–Crippen LogP) is 4.31. The molecule has 1 N–H and O–H groups in total. The summed E-state index contributed by atoms with van der Waals surface area (Å²) in [6.07, 6.45) is 9.19. The molecule has 2 aromatic carbocycles. The zero-order chi connectivity index (χ0) is 22.6. The molecule has 0 radical (unpaired) electrons. The summed E-state index contributed by atoms with van der Waals surface area (Å²) in [5.41, 5.74) is 4.96. The Morgan fingerprint density at radius 2 is 1.72 bits per heavy atom. The minimum absolute atomic E-state index is 0.157. The second-order valence-corrected chi connectivity index (χ2v) is 11.0. The number of benzene rings is 2. The van der Waals surface area contributed by atoms with Crippen LogP contribution in [0.4, 0.5) is 0 Å². The Labute approximate surface area is 192 Å². The third kappa shape index (κ3) is 5.78. The van der Waals surface area contributed by atoms with Crippen molar-refractivity contribution in [3.05, 3.63) is 59.7 Å². The van der Waals surface area contributed by atoms with Crippen LogP contribution in [-0.2, 0) is 27.7 Å². The van der Waals surface area contributed by atoms with Gasteiger partial charge in [-0.25, -0.2) is 13.1 Å². The van der Waals surface area contributed by atoms with E-state index >= 15 is 0 Å². The van der Waals surface area contributed by atoms with Gasteiger partial charge < -0.3 is 4.90 Å². The molecule has 2 aliphatic rings. The van der Waals surface area contributed by atoms with Gasteiger partial charge in [-0.3, -0.25) is 4.79 Å². The first-order valence-electron chi connectivity index (χ1n) is 11.8. The number of nitrogens with zero attached hydrogens (tertiary/aromatic N) is 1. The lowest BCUT2D eigenvalue weighted by Gasteiger charge is -2.41. The summed E-state index contributed by atoms with van der Waals surface area (Å²) < 4.78 is 26.9. The zero-order valence-corrected chi connectivity index (χ0v) is 19.7. The van der Waals surface area contributed by atoms with Crippen LogP contribution in [0.3, 0.4) is 0 Å². The average Bonchev–Trinajstić information content (AvgIpc) is 2.76. The van der Waals surface area contributed by atoms with Crippen molar-refractivity contribution in [2.24, 2.45) is 0 Å². The number of amides is 1. The van der Waals surface area contributed by atoms with Gasteiger partial charge in [-0.1, -0.05) is 61.4 Å². The van der Waals surface area contributed by atoms with E-state index in [1.54, 1.807) is 0 Å². The van der Waals surface area contributed by atoms with Crippen molar-refractivity contribution in [3.63, 3.8) is 0 Å². The molecule has 6 heteroatoms. The molecule has 0 spiro atoms. The molecule has 2 bridgehead atoms. The average molecular weight is 455 g/mol. The molecule has 4 rings (SSSR count). The van der Waals surface area contributed by atoms with Crippen LogP contribution in [0.1, 0.15) is 56.1 Å². The molecule has 2 atom stereocenters. The van der Waals surface area contributed by atoms with Gasteiger partial charge in [0.15, 0.2) is 0 Å². The van der Waals surface area contributed by atoms with Crippen molar-refractivity contribution in [1.29, 1.82) is 0 Å². The summed E-state index contributed by atoms with van der Waals surface area (Å²) in [4.78, 5) is 15.1. The highest BCUT2D eigenvalue weighted by atomic mass is 32.2. The van der Waals surface area contributed by atoms with E-state index in [-0.39, 0.29) is 18.0 Å². The lowest BCUT2D eigenvalue weighted by atomic mass is 9.89.